The molecule has 4 rings (SSSR count). The normalized spacial score (nSPS) is 18.6. The lowest BCUT2D eigenvalue weighted by molar-refractivity contribution is -0.136. The molecule has 1 aromatic heterocycles. The average Bonchev–Trinajstić information content (AvgIpc) is 3.27. The lowest BCUT2D eigenvalue weighted by Crippen LogP contribution is -2.41. The van der Waals surface area contributed by atoms with Crippen molar-refractivity contribution in [3.63, 3.8) is 0 Å². The lowest BCUT2D eigenvalue weighted by atomic mass is 9.89. The van der Waals surface area contributed by atoms with Crippen LogP contribution in [0.3, 0.4) is 0 Å². The monoisotopic (exact) mass is 361 g/mol. The van der Waals surface area contributed by atoms with Crippen molar-refractivity contribution in [3.8, 4) is 0 Å². The third-order valence-electron chi connectivity index (χ3n) is 5.04. The first-order chi connectivity index (χ1) is 13.0. The van der Waals surface area contributed by atoms with Gasteiger partial charge in [0.15, 0.2) is 11.4 Å². The molecule has 5 nitrogen and oxygen atoms in total. The molecule has 2 heterocycles. The van der Waals surface area contributed by atoms with Crippen molar-refractivity contribution in [2.24, 2.45) is 0 Å². The number of Topliss-reactive ketones (excluding diaryl/α,β-unsaturated/α-hetero) is 1. The fourth-order valence-corrected chi connectivity index (χ4v) is 3.55. The minimum absolute atomic E-state index is 0.131. The van der Waals surface area contributed by atoms with Crippen LogP contribution in [0.15, 0.2) is 71.3 Å². The summed E-state index contributed by atoms with van der Waals surface area (Å²) >= 11 is 0. The number of hydrogen-bond donors (Lipinski definition) is 1. The summed E-state index contributed by atoms with van der Waals surface area (Å²) in [5.74, 6) is -0.777. The van der Waals surface area contributed by atoms with E-state index in [1.165, 1.54) is 12.3 Å². The minimum Gasteiger partial charge on any atom is -0.461 e. The van der Waals surface area contributed by atoms with E-state index < -0.39 is 17.3 Å². The predicted molar refractivity (Wildman–Crippen MR) is 100 cm³/mol. The maximum absolute atomic E-state index is 13.2. The van der Waals surface area contributed by atoms with Crippen molar-refractivity contribution >= 4 is 17.4 Å². The van der Waals surface area contributed by atoms with Gasteiger partial charge in [-0.1, -0.05) is 42.5 Å². The Kier molecular flexibility index (Phi) is 4.16. The molecule has 27 heavy (non-hydrogen) atoms. The van der Waals surface area contributed by atoms with Gasteiger partial charge in [-0.2, -0.15) is 0 Å². The number of aliphatic hydroxyl groups is 1. The molecule has 0 saturated carbocycles. The minimum atomic E-state index is -1.90. The highest BCUT2D eigenvalue weighted by molar-refractivity contribution is 6.10. The molecule has 0 aliphatic carbocycles. The van der Waals surface area contributed by atoms with Crippen molar-refractivity contribution in [1.82, 2.24) is 0 Å². The molecule has 0 saturated heterocycles. The van der Waals surface area contributed by atoms with E-state index in [9.17, 15) is 14.7 Å². The topological polar surface area (TPSA) is 70.8 Å². The van der Waals surface area contributed by atoms with Crippen LogP contribution in [0, 0.1) is 6.92 Å². The number of ketones is 1. The van der Waals surface area contributed by atoms with E-state index in [1.807, 2.05) is 37.3 Å². The van der Waals surface area contributed by atoms with Gasteiger partial charge in [-0.15, -0.1) is 0 Å². The van der Waals surface area contributed by atoms with Crippen LogP contribution >= 0.6 is 0 Å². The zero-order chi connectivity index (χ0) is 19.0. The molecule has 1 unspecified atom stereocenters. The maximum atomic E-state index is 13.2. The van der Waals surface area contributed by atoms with Crippen LogP contribution in [-0.2, 0) is 16.9 Å². The predicted octanol–water partition coefficient (Wildman–Crippen LogP) is 3.60. The second kappa shape index (κ2) is 6.52. The van der Waals surface area contributed by atoms with Crippen molar-refractivity contribution in [1.29, 1.82) is 0 Å². The van der Waals surface area contributed by atoms with Crippen LogP contribution in [0.4, 0.5) is 5.69 Å². The van der Waals surface area contributed by atoms with Crippen LogP contribution in [0.1, 0.15) is 33.7 Å². The summed E-state index contributed by atoms with van der Waals surface area (Å²) in [5, 5.41) is 11.2. The van der Waals surface area contributed by atoms with Crippen molar-refractivity contribution in [3.05, 3.63) is 89.4 Å². The van der Waals surface area contributed by atoms with Crippen molar-refractivity contribution in [2.75, 3.05) is 4.90 Å². The van der Waals surface area contributed by atoms with Gasteiger partial charge in [0, 0.05) is 5.56 Å². The third kappa shape index (κ3) is 2.86. The van der Waals surface area contributed by atoms with Crippen LogP contribution in [0.2, 0.25) is 0 Å². The van der Waals surface area contributed by atoms with Gasteiger partial charge in [-0.25, -0.2) is 0 Å². The molecule has 1 amide bonds. The van der Waals surface area contributed by atoms with Gasteiger partial charge in [-0.3, -0.25) is 9.59 Å². The molecule has 0 fully saturated rings. The van der Waals surface area contributed by atoms with Gasteiger partial charge in [0.25, 0.3) is 5.91 Å². The number of rotatable bonds is 5. The van der Waals surface area contributed by atoms with Gasteiger partial charge >= 0.3 is 0 Å². The lowest BCUT2D eigenvalue weighted by Gasteiger charge is -2.23. The van der Waals surface area contributed by atoms with Crippen LogP contribution in [0.25, 0.3) is 0 Å². The van der Waals surface area contributed by atoms with E-state index in [2.05, 4.69) is 0 Å². The van der Waals surface area contributed by atoms with E-state index in [0.29, 0.717) is 17.8 Å². The number of hydrogen-bond acceptors (Lipinski definition) is 4. The highest BCUT2D eigenvalue weighted by Crippen LogP contribution is 2.43. The van der Waals surface area contributed by atoms with E-state index in [0.717, 1.165) is 11.1 Å². The SMILES string of the molecule is Cc1ccccc1CN1C(=O)C(O)(CC(=O)c2ccco2)c2ccccc21. The molecule has 0 radical (unpaired) electrons. The number of anilines is 1. The van der Waals surface area contributed by atoms with Crippen molar-refractivity contribution < 1.29 is 19.1 Å². The molecular weight excluding hydrogens is 342 g/mol. The Morgan fingerprint density at radius 1 is 1.07 bits per heavy atom. The Bertz CT molecular complexity index is 1010. The average molecular weight is 361 g/mol. The fourth-order valence-electron chi connectivity index (χ4n) is 3.55. The molecule has 1 aliphatic rings. The van der Waals surface area contributed by atoms with Gasteiger partial charge in [0.1, 0.15) is 0 Å². The smallest absolute Gasteiger partial charge is 0.264 e. The number of carbonyl (C=O) groups excluding carboxylic acids is 2. The molecule has 1 aliphatic heterocycles. The largest absolute Gasteiger partial charge is 0.461 e. The van der Waals surface area contributed by atoms with E-state index in [4.69, 9.17) is 4.42 Å². The number of benzene rings is 2. The number of furan rings is 1. The number of para-hydroxylation sites is 1. The first kappa shape index (κ1) is 17.2. The molecular formula is C22H19NO4. The highest BCUT2D eigenvalue weighted by Gasteiger charge is 2.51. The molecule has 0 bridgehead atoms. The third-order valence-corrected chi connectivity index (χ3v) is 5.04. The second-order valence-corrected chi connectivity index (χ2v) is 6.77. The van der Waals surface area contributed by atoms with E-state index in [1.54, 1.807) is 29.2 Å². The van der Waals surface area contributed by atoms with E-state index >= 15 is 0 Å². The number of aryl methyl sites for hydroxylation is 1. The summed E-state index contributed by atoms with van der Waals surface area (Å²) in [5.41, 5.74) is 1.22. The Hall–Kier alpha value is -3.18. The molecule has 1 atom stereocenters. The first-order valence-corrected chi connectivity index (χ1v) is 8.76. The van der Waals surface area contributed by atoms with Gasteiger partial charge in [0.05, 0.1) is 24.9 Å². The summed E-state index contributed by atoms with van der Waals surface area (Å²) in [7, 11) is 0. The summed E-state index contributed by atoms with van der Waals surface area (Å²) in [4.78, 5) is 27.3. The van der Waals surface area contributed by atoms with Gasteiger partial charge in [-0.05, 0) is 36.2 Å². The van der Waals surface area contributed by atoms with Crippen LogP contribution in [0.5, 0.6) is 0 Å². The van der Waals surface area contributed by atoms with Crippen LogP contribution < -0.4 is 4.90 Å². The van der Waals surface area contributed by atoms with Crippen LogP contribution in [-0.4, -0.2) is 16.8 Å². The second-order valence-electron chi connectivity index (χ2n) is 6.77. The Morgan fingerprint density at radius 3 is 2.56 bits per heavy atom. The summed E-state index contributed by atoms with van der Waals surface area (Å²) in [6.45, 7) is 2.31. The Labute approximate surface area is 156 Å². The number of fused-ring (bicyclic) bond motifs is 1. The zero-order valence-corrected chi connectivity index (χ0v) is 14.9. The molecule has 3 aromatic rings. The fraction of sp³-hybridized carbons (Fsp3) is 0.182. The van der Waals surface area contributed by atoms with Gasteiger partial charge in [0.2, 0.25) is 5.78 Å². The summed E-state index contributed by atoms with van der Waals surface area (Å²) < 4.78 is 5.13. The Balaban J connectivity index is 1.71. The molecule has 5 heteroatoms. The first-order valence-electron chi connectivity index (χ1n) is 8.76. The zero-order valence-electron chi connectivity index (χ0n) is 14.9. The standard InChI is InChI=1S/C22H19NO4/c1-15-7-2-3-8-16(15)14-23-18-10-5-4-9-17(18)22(26,21(23)25)13-19(24)20-11-6-12-27-20/h2-12,26H,13-14H2,1H3. The van der Waals surface area contributed by atoms with Crippen molar-refractivity contribution in [2.45, 2.75) is 25.5 Å². The van der Waals surface area contributed by atoms with Gasteiger partial charge < -0.3 is 14.4 Å². The highest BCUT2D eigenvalue weighted by atomic mass is 16.3. The summed E-state index contributed by atoms with van der Waals surface area (Å²) in [6.07, 6.45) is 1.03. The maximum Gasteiger partial charge on any atom is 0.264 e. The summed E-state index contributed by atoms with van der Waals surface area (Å²) in [6, 6.07) is 18.0. The molecule has 136 valence electrons. The number of carbonyl (C=O) groups is 2. The quantitative estimate of drug-likeness (QED) is 0.705. The Morgan fingerprint density at radius 2 is 1.81 bits per heavy atom. The van der Waals surface area contributed by atoms with E-state index in [-0.39, 0.29) is 12.2 Å². The molecule has 0 spiro atoms. The molecule has 2 aromatic carbocycles. The number of nitrogens with zero attached hydrogens (tertiary/aromatic N) is 1. The number of amides is 1. The molecule has 1 N–H and O–H groups in total.